The Morgan fingerprint density at radius 2 is 1.50 bits per heavy atom. The van der Waals surface area contributed by atoms with E-state index in [4.69, 9.17) is 9.47 Å². The van der Waals surface area contributed by atoms with Crippen LogP contribution in [0.1, 0.15) is 74.7 Å². The molecule has 0 spiro atoms. The van der Waals surface area contributed by atoms with Gasteiger partial charge >= 0.3 is 0 Å². The van der Waals surface area contributed by atoms with E-state index in [9.17, 15) is 0 Å². The van der Waals surface area contributed by atoms with E-state index in [0.717, 1.165) is 19.4 Å². The first-order valence-electron chi connectivity index (χ1n) is 7.43. The Balaban J connectivity index is 4.22. The Morgan fingerprint density at radius 3 is 1.89 bits per heavy atom. The van der Waals surface area contributed by atoms with E-state index in [1.807, 2.05) is 0 Å². The maximum Gasteiger partial charge on any atom is 0.160 e. The standard InChI is InChI=1S/C16H34O2/c1-9-15(5,6)11-12-17-14(13(3)4)18-16(7,8)10-2/h13-14H,9-12H2,1-8H3. The Bertz CT molecular complexity index is 219. The molecule has 0 saturated heterocycles. The lowest BCUT2D eigenvalue weighted by molar-refractivity contribution is -0.222. The molecule has 0 N–H and O–H groups in total. The van der Waals surface area contributed by atoms with E-state index in [1.165, 1.54) is 6.42 Å². The highest BCUT2D eigenvalue weighted by Crippen LogP contribution is 2.26. The van der Waals surface area contributed by atoms with Crippen LogP contribution in [0, 0.1) is 11.3 Å². The summed E-state index contributed by atoms with van der Waals surface area (Å²) in [6, 6.07) is 0. The van der Waals surface area contributed by atoms with E-state index in [2.05, 4.69) is 55.4 Å². The molecule has 0 rings (SSSR count). The minimum atomic E-state index is -0.102. The first-order valence-corrected chi connectivity index (χ1v) is 7.43. The van der Waals surface area contributed by atoms with Crippen LogP contribution < -0.4 is 0 Å². The van der Waals surface area contributed by atoms with Crippen molar-refractivity contribution in [1.29, 1.82) is 0 Å². The van der Waals surface area contributed by atoms with Crippen LogP contribution in [-0.4, -0.2) is 18.5 Å². The largest absolute Gasteiger partial charge is 0.352 e. The summed E-state index contributed by atoms with van der Waals surface area (Å²) in [5, 5.41) is 0. The van der Waals surface area contributed by atoms with Gasteiger partial charge in [0.2, 0.25) is 0 Å². The van der Waals surface area contributed by atoms with Gasteiger partial charge in [-0.05, 0) is 32.1 Å². The maximum atomic E-state index is 6.07. The van der Waals surface area contributed by atoms with E-state index >= 15 is 0 Å². The molecule has 0 radical (unpaired) electrons. The monoisotopic (exact) mass is 258 g/mol. The topological polar surface area (TPSA) is 18.5 Å². The first-order chi connectivity index (χ1) is 8.13. The molecule has 0 aromatic rings. The first kappa shape index (κ1) is 17.9. The van der Waals surface area contributed by atoms with E-state index in [-0.39, 0.29) is 11.9 Å². The van der Waals surface area contributed by atoms with Crippen molar-refractivity contribution >= 4 is 0 Å². The average Bonchev–Trinajstić information content (AvgIpc) is 2.27. The third-order valence-corrected chi connectivity index (χ3v) is 3.85. The molecule has 2 heteroatoms. The zero-order chi connectivity index (χ0) is 14.4. The molecule has 0 fully saturated rings. The fourth-order valence-electron chi connectivity index (χ4n) is 1.39. The highest BCUT2D eigenvalue weighted by atomic mass is 16.7. The molecule has 0 amide bonds. The third kappa shape index (κ3) is 7.38. The molecule has 0 bridgehead atoms. The Hall–Kier alpha value is -0.0800. The lowest BCUT2D eigenvalue weighted by atomic mass is 9.87. The van der Waals surface area contributed by atoms with Gasteiger partial charge in [-0.15, -0.1) is 0 Å². The Morgan fingerprint density at radius 1 is 0.944 bits per heavy atom. The zero-order valence-electron chi connectivity index (χ0n) is 13.8. The molecule has 1 atom stereocenters. The van der Waals surface area contributed by atoms with Gasteiger partial charge in [-0.25, -0.2) is 0 Å². The van der Waals surface area contributed by atoms with Crippen LogP contribution in [0.2, 0.25) is 0 Å². The Labute approximate surface area is 114 Å². The highest BCUT2D eigenvalue weighted by molar-refractivity contribution is 4.69. The van der Waals surface area contributed by atoms with Crippen molar-refractivity contribution in [1.82, 2.24) is 0 Å². The van der Waals surface area contributed by atoms with Crippen molar-refractivity contribution in [3.05, 3.63) is 0 Å². The van der Waals surface area contributed by atoms with Crippen molar-refractivity contribution in [3.8, 4) is 0 Å². The second-order valence-corrected chi connectivity index (χ2v) is 6.98. The zero-order valence-corrected chi connectivity index (χ0v) is 13.8. The van der Waals surface area contributed by atoms with Gasteiger partial charge in [0, 0.05) is 5.92 Å². The minimum absolute atomic E-state index is 0.0902. The van der Waals surface area contributed by atoms with E-state index in [1.54, 1.807) is 0 Å². The summed E-state index contributed by atoms with van der Waals surface area (Å²) >= 11 is 0. The van der Waals surface area contributed by atoms with Gasteiger partial charge in [0.1, 0.15) is 0 Å². The van der Waals surface area contributed by atoms with Gasteiger partial charge in [-0.1, -0.05) is 48.0 Å². The molecule has 0 aromatic carbocycles. The fourth-order valence-corrected chi connectivity index (χ4v) is 1.39. The van der Waals surface area contributed by atoms with Crippen LogP contribution in [0.5, 0.6) is 0 Å². The smallest absolute Gasteiger partial charge is 0.160 e. The molecule has 2 nitrogen and oxygen atoms in total. The molecule has 1 unspecified atom stereocenters. The Kier molecular flexibility index (Phi) is 7.46. The van der Waals surface area contributed by atoms with Gasteiger partial charge in [0.05, 0.1) is 12.2 Å². The number of hydrogen-bond donors (Lipinski definition) is 0. The van der Waals surface area contributed by atoms with Crippen LogP contribution in [0.4, 0.5) is 0 Å². The van der Waals surface area contributed by atoms with Crippen molar-refractivity contribution in [2.75, 3.05) is 6.61 Å². The third-order valence-electron chi connectivity index (χ3n) is 3.85. The maximum absolute atomic E-state index is 6.07. The summed E-state index contributed by atoms with van der Waals surface area (Å²) in [6.07, 6.45) is 3.18. The molecule has 0 aliphatic heterocycles. The van der Waals surface area contributed by atoms with Crippen molar-refractivity contribution in [3.63, 3.8) is 0 Å². The molecule has 0 heterocycles. The quantitative estimate of drug-likeness (QED) is 0.541. The number of ether oxygens (including phenoxy) is 2. The van der Waals surface area contributed by atoms with Gasteiger partial charge < -0.3 is 9.47 Å². The summed E-state index contributed by atoms with van der Waals surface area (Å²) in [4.78, 5) is 0. The molecule has 0 aliphatic carbocycles. The van der Waals surface area contributed by atoms with Crippen LogP contribution >= 0.6 is 0 Å². The molecule has 18 heavy (non-hydrogen) atoms. The van der Waals surface area contributed by atoms with E-state index in [0.29, 0.717) is 11.3 Å². The fraction of sp³-hybridized carbons (Fsp3) is 1.00. The molecular weight excluding hydrogens is 224 g/mol. The molecule has 110 valence electrons. The van der Waals surface area contributed by atoms with Crippen molar-refractivity contribution < 1.29 is 9.47 Å². The number of rotatable bonds is 9. The van der Waals surface area contributed by atoms with Crippen molar-refractivity contribution in [2.24, 2.45) is 11.3 Å². The highest BCUT2D eigenvalue weighted by Gasteiger charge is 2.25. The van der Waals surface area contributed by atoms with Crippen LogP contribution in [0.15, 0.2) is 0 Å². The summed E-state index contributed by atoms with van der Waals surface area (Å²) in [7, 11) is 0. The van der Waals surface area contributed by atoms with Gasteiger partial charge in [0.15, 0.2) is 6.29 Å². The van der Waals surface area contributed by atoms with Crippen molar-refractivity contribution in [2.45, 2.75) is 86.5 Å². The van der Waals surface area contributed by atoms with E-state index < -0.39 is 0 Å². The minimum Gasteiger partial charge on any atom is -0.352 e. The summed E-state index contributed by atoms with van der Waals surface area (Å²) in [5.74, 6) is 0.389. The van der Waals surface area contributed by atoms with Gasteiger partial charge in [-0.2, -0.15) is 0 Å². The summed E-state index contributed by atoms with van der Waals surface area (Å²) < 4.78 is 12.0. The van der Waals surface area contributed by atoms with Gasteiger partial charge in [-0.3, -0.25) is 0 Å². The second kappa shape index (κ2) is 7.49. The summed E-state index contributed by atoms with van der Waals surface area (Å²) in [5.41, 5.74) is 0.261. The normalized spacial score (nSPS) is 15.2. The van der Waals surface area contributed by atoms with Crippen LogP contribution in [-0.2, 0) is 9.47 Å². The molecule has 0 saturated carbocycles. The molecule has 0 aliphatic rings. The second-order valence-electron chi connectivity index (χ2n) is 6.98. The lowest BCUT2D eigenvalue weighted by Gasteiger charge is -2.33. The molecule has 0 aromatic heterocycles. The SMILES string of the molecule is CCC(C)(C)CCOC(OC(C)(C)CC)C(C)C. The average molecular weight is 258 g/mol. The van der Waals surface area contributed by atoms with Crippen LogP contribution in [0.25, 0.3) is 0 Å². The lowest BCUT2D eigenvalue weighted by Crippen LogP contribution is -2.35. The predicted octanol–water partition coefficient (Wildman–Crippen LogP) is 5.02. The van der Waals surface area contributed by atoms with Crippen LogP contribution in [0.3, 0.4) is 0 Å². The predicted molar refractivity (Wildman–Crippen MR) is 78.7 cm³/mol. The summed E-state index contributed by atoms with van der Waals surface area (Å²) in [6.45, 7) is 18.3. The number of hydrogen-bond acceptors (Lipinski definition) is 2. The molecular formula is C16H34O2. The van der Waals surface area contributed by atoms with Gasteiger partial charge in [0.25, 0.3) is 0 Å².